The van der Waals surface area contributed by atoms with Crippen molar-refractivity contribution in [2.45, 2.75) is 4.90 Å². The molecule has 1 aromatic rings. The van der Waals surface area contributed by atoms with Crippen molar-refractivity contribution in [1.29, 1.82) is 5.26 Å². The van der Waals surface area contributed by atoms with Gasteiger partial charge in [-0.25, -0.2) is 0 Å². The average molecular weight is 174 g/mol. The van der Waals surface area contributed by atoms with Gasteiger partial charge in [-0.15, -0.1) is 0 Å². The topological polar surface area (TPSA) is 35.8 Å². The molecular weight excluding hydrogens is 168 g/mol. The third kappa shape index (κ3) is 1.17. The van der Waals surface area contributed by atoms with Crippen LogP contribution in [0, 0.1) is 11.3 Å². The second kappa shape index (κ2) is 2.92. The number of fused-ring (bicyclic) bond motifs is 1. The van der Waals surface area contributed by atoms with Crippen molar-refractivity contribution < 1.29 is 0 Å². The smallest absolute Gasteiger partial charge is 0.0991 e. The number of hydrogen-bond acceptors (Lipinski definition) is 3. The highest BCUT2D eigenvalue weighted by atomic mass is 32.2. The molecule has 0 unspecified atom stereocenters. The number of benzene rings is 1. The highest BCUT2D eigenvalue weighted by molar-refractivity contribution is 7.97. The molecule has 2 rings (SSSR count). The maximum absolute atomic E-state index is 8.64. The molecule has 0 bridgehead atoms. The van der Waals surface area contributed by atoms with Crippen molar-refractivity contribution in [2.75, 3.05) is 0 Å². The summed E-state index contributed by atoms with van der Waals surface area (Å²) >= 11 is 1.56. The molecule has 0 saturated carbocycles. The van der Waals surface area contributed by atoms with E-state index in [2.05, 4.69) is 10.8 Å². The number of nitriles is 1. The minimum atomic E-state index is 0.709. The van der Waals surface area contributed by atoms with Gasteiger partial charge in [-0.3, -0.25) is 0 Å². The Bertz CT molecular complexity index is 377. The first-order chi connectivity index (χ1) is 5.90. The van der Waals surface area contributed by atoms with Gasteiger partial charge in [0.15, 0.2) is 0 Å². The lowest BCUT2D eigenvalue weighted by Crippen LogP contribution is -1.97. The van der Waals surface area contributed by atoms with E-state index < -0.39 is 0 Å². The molecule has 12 heavy (non-hydrogen) atoms. The first-order valence-corrected chi connectivity index (χ1v) is 4.35. The van der Waals surface area contributed by atoms with Crippen LogP contribution < -0.4 is 4.72 Å². The van der Waals surface area contributed by atoms with Crippen molar-refractivity contribution >= 4 is 18.0 Å². The Labute approximate surface area is 75.0 Å². The normalized spacial score (nSPS) is 12.9. The van der Waals surface area contributed by atoms with Crippen LogP contribution in [0.4, 0.5) is 0 Å². The zero-order chi connectivity index (χ0) is 8.39. The summed E-state index contributed by atoms with van der Waals surface area (Å²) in [6, 6.07) is 7.78. The summed E-state index contributed by atoms with van der Waals surface area (Å²) in [5.41, 5.74) is 1.82. The van der Waals surface area contributed by atoms with E-state index >= 15 is 0 Å². The molecule has 58 valence electrons. The molecule has 0 fully saturated rings. The van der Waals surface area contributed by atoms with E-state index in [1.165, 1.54) is 0 Å². The lowest BCUT2D eigenvalue weighted by Gasteiger charge is -2.09. The third-order valence-corrected chi connectivity index (χ3v) is 2.48. The number of nitrogens with zero attached hydrogens (tertiary/aromatic N) is 1. The summed E-state index contributed by atoms with van der Waals surface area (Å²) in [5.74, 6) is 0. The first-order valence-electron chi connectivity index (χ1n) is 3.53. The summed E-state index contributed by atoms with van der Waals surface area (Å²) in [4.78, 5) is 1.16. The summed E-state index contributed by atoms with van der Waals surface area (Å²) in [7, 11) is 0. The van der Waals surface area contributed by atoms with Crippen LogP contribution in [0.5, 0.6) is 0 Å². The standard InChI is InChI=1S/C9H6N2S/c10-6-7-1-2-9-8(5-7)3-4-11-12-9/h1-5,11H. The Morgan fingerprint density at radius 3 is 3.17 bits per heavy atom. The van der Waals surface area contributed by atoms with E-state index in [0.29, 0.717) is 5.56 Å². The highest BCUT2D eigenvalue weighted by Crippen LogP contribution is 2.25. The van der Waals surface area contributed by atoms with Crippen molar-refractivity contribution in [3.63, 3.8) is 0 Å². The summed E-state index contributed by atoms with van der Waals surface area (Å²) < 4.78 is 3.03. The lowest BCUT2D eigenvalue weighted by atomic mass is 10.1. The number of nitrogens with one attached hydrogen (secondary N) is 1. The van der Waals surface area contributed by atoms with Gasteiger partial charge in [-0.05, 0) is 41.8 Å². The Morgan fingerprint density at radius 2 is 2.33 bits per heavy atom. The molecule has 0 aromatic heterocycles. The molecule has 1 heterocycles. The largest absolute Gasteiger partial charge is 0.332 e. The van der Waals surface area contributed by atoms with Crippen LogP contribution in [-0.2, 0) is 0 Å². The fourth-order valence-electron chi connectivity index (χ4n) is 1.06. The van der Waals surface area contributed by atoms with Crippen LogP contribution in [0.25, 0.3) is 6.08 Å². The minimum Gasteiger partial charge on any atom is -0.332 e. The fourth-order valence-corrected chi connectivity index (χ4v) is 1.71. The van der Waals surface area contributed by atoms with Crippen LogP contribution in [0.15, 0.2) is 29.3 Å². The van der Waals surface area contributed by atoms with Gasteiger partial charge >= 0.3 is 0 Å². The third-order valence-electron chi connectivity index (χ3n) is 1.64. The van der Waals surface area contributed by atoms with E-state index in [-0.39, 0.29) is 0 Å². The quantitative estimate of drug-likeness (QED) is 0.612. The Morgan fingerprint density at radius 1 is 1.42 bits per heavy atom. The van der Waals surface area contributed by atoms with Gasteiger partial charge in [-0.1, -0.05) is 0 Å². The van der Waals surface area contributed by atoms with E-state index in [0.717, 1.165) is 10.5 Å². The predicted molar refractivity (Wildman–Crippen MR) is 49.2 cm³/mol. The van der Waals surface area contributed by atoms with E-state index in [1.54, 1.807) is 11.9 Å². The summed E-state index contributed by atoms with van der Waals surface area (Å²) in [5, 5.41) is 8.64. The van der Waals surface area contributed by atoms with Gasteiger partial charge in [0, 0.05) is 11.1 Å². The first kappa shape index (κ1) is 7.26. The van der Waals surface area contributed by atoms with Crippen molar-refractivity contribution in [3.8, 4) is 6.07 Å². The maximum atomic E-state index is 8.64. The molecule has 1 aliphatic rings. The molecule has 0 radical (unpaired) electrons. The molecule has 1 N–H and O–H groups in total. The van der Waals surface area contributed by atoms with Gasteiger partial charge < -0.3 is 4.72 Å². The van der Waals surface area contributed by atoms with Crippen LogP contribution >= 0.6 is 11.9 Å². The van der Waals surface area contributed by atoms with E-state index in [1.807, 2.05) is 30.5 Å². The number of hydrogen-bond donors (Lipinski definition) is 1. The van der Waals surface area contributed by atoms with E-state index in [9.17, 15) is 0 Å². The van der Waals surface area contributed by atoms with Gasteiger partial charge in [0.05, 0.1) is 11.6 Å². The fraction of sp³-hybridized carbons (Fsp3) is 0. The van der Waals surface area contributed by atoms with Crippen molar-refractivity contribution in [1.82, 2.24) is 4.72 Å². The van der Waals surface area contributed by atoms with Crippen LogP contribution in [0.3, 0.4) is 0 Å². The molecule has 1 aliphatic heterocycles. The van der Waals surface area contributed by atoms with Gasteiger partial charge in [-0.2, -0.15) is 5.26 Å². The molecule has 0 spiro atoms. The lowest BCUT2D eigenvalue weighted by molar-refractivity contribution is 1.31. The molecule has 0 amide bonds. The highest BCUT2D eigenvalue weighted by Gasteiger charge is 2.04. The second-order valence-corrected chi connectivity index (χ2v) is 3.30. The van der Waals surface area contributed by atoms with Gasteiger partial charge in [0.2, 0.25) is 0 Å². The van der Waals surface area contributed by atoms with Crippen molar-refractivity contribution in [3.05, 3.63) is 35.5 Å². The SMILES string of the molecule is N#Cc1ccc2c(c1)C=CNS2. The Kier molecular flexibility index (Phi) is 1.77. The molecule has 2 nitrogen and oxygen atoms in total. The molecule has 0 atom stereocenters. The monoisotopic (exact) mass is 174 g/mol. The van der Waals surface area contributed by atoms with Crippen LogP contribution in [-0.4, -0.2) is 0 Å². The molecule has 0 saturated heterocycles. The zero-order valence-electron chi connectivity index (χ0n) is 6.24. The maximum Gasteiger partial charge on any atom is 0.0991 e. The molecule has 1 aromatic carbocycles. The molecule has 0 aliphatic carbocycles. The summed E-state index contributed by atoms with van der Waals surface area (Å²) in [6.07, 6.45) is 3.83. The average Bonchev–Trinajstić information content (AvgIpc) is 2.17. The minimum absolute atomic E-state index is 0.709. The zero-order valence-corrected chi connectivity index (χ0v) is 7.06. The van der Waals surface area contributed by atoms with Gasteiger partial charge in [0.25, 0.3) is 0 Å². The predicted octanol–water partition coefficient (Wildman–Crippen LogP) is 2.14. The molecule has 3 heteroatoms. The van der Waals surface area contributed by atoms with Crippen molar-refractivity contribution in [2.24, 2.45) is 0 Å². The van der Waals surface area contributed by atoms with Crippen LogP contribution in [0.2, 0.25) is 0 Å². The Hall–Kier alpha value is -1.40. The number of rotatable bonds is 0. The van der Waals surface area contributed by atoms with E-state index in [4.69, 9.17) is 5.26 Å². The van der Waals surface area contributed by atoms with Gasteiger partial charge in [0.1, 0.15) is 0 Å². The van der Waals surface area contributed by atoms with Crippen LogP contribution in [0.1, 0.15) is 11.1 Å². The summed E-state index contributed by atoms with van der Waals surface area (Å²) in [6.45, 7) is 0. The molecular formula is C9H6N2S. The Balaban J connectivity index is 2.53. The second-order valence-electron chi connectivity index (χ2n) is 2.42.